The summed E-state index contributed by atoms with van der Waals surface area (Å²) in [5.74, 6) is -0.341. The molecule has 0 saturated carbocycles. The van der Waals surface area contributed by atoms with Crippen molar-refractivity contribution in [3.8, 4) is 16.9 Å². The van der Waals surface area contributed by atoms with E-state index in [-0.39, 0.29) is 11.7 Å². The molecule has 1 aromatic heterocycles. The number of hydrogen-bond acceptors (Lipinski definition) is 2. The van der Waals surface area contributed by atoms with Crippen LogP contribution in [0.3, 0.4) is 0 Å². The minimum absolute atomic E-state index is 0.00814. The van der Waals surface area contributed by atoms with Gasteiger partial charge in [-0.25, -0.2) is 9.07 Å². The first-order chi connectivity index (χ1) is 12.7. The van der Waals surface area contributed by atoms with Gasteiger partial charge < -0.3 is 4.90 Å². The molecule has 0 bridgehead atoms. The lowest BCUT2D eigenvalue weighted by molar-refractivity contribution is 0.0725. The van der Waals surface area contributed by atoms with E-state index >= 15 is 0 Å². The number of rotatable bonds is 3. The summed E-state index contributed by atoms with van der Waals surface area (Å²) >= 11 is 0. The Bertz CT molecular complexity index is 914. The predicted octanol–water partition coefficient (Wildman–Crippen LogP) is 4.30. The summed E-state index contributed by atoms with van der Waals surface area (Å²) < 4.78 is 15.4. The summed E-state index contributed by atoms with van der Waals surface area (Å²) in [6.07, 6.45) is 4.83. The summed E-state index contributed by atoms with van der Waals surface area (Å²) in [6, 6.07) is 15.9. The second kappa shape index (κ2) is 7.12. The molecule has 0 aliphatic carbocycles. The molecular weight excluding hydrogens is 329 g/mol. The van der Waals surface area contributed by atoms with Crippen LogP contribution >= 0.6 is 0 Å². The average Bonchev–Trinajstić information content (AvgIpc) is 3.14. The van der Waals surface area contributed by atoms with Crippen LogP contribution in [0.25, 0.3) is 16.9 Å². The van der Waals surface area contributed by atoms with E-state index in [2.05, 4.69) is 5.10 Å². The molecule has 26 heavy (non-hydrogen) atoms. The molecule has 0 radical (unpaired) electrons. The first-order valence-electron chi connectivity index (χ1n) is 8.93. The summed E-state index contributed by atoms with van der Waals surface area (Å²) in [5.41, 5.74) is 2.74. The second-order valence-electron chi connectivity index (χ2n) is 6.52. The Morgan fingerprint density at radius 3 is 2.46 bits per heavy atom. The number of halogens is 1. The Kier molecular flexibility index (Phi) is 4.52. The number of carbonyl (C=O) groups excluding carboxylic acids is 1. The molecule has 0 unspecified atom stereocenters. The second-order valence-corrected chi connectivity index (χ2v) is 6.52. The zero-order chi connectivity index (χ0) is 17.9. The van der Waals surface area contributed by atoms with Crippen LogP contribution in [-0.4, -0.2) is 33.7 Å². The molecular formula is C21H20FN3O. The maximum Gasteiger partial charge on any atom is 0.257 e. The molecule has 1 aliphatic heterocycles. The number of aromatic nitrogens is 2. The summed E-state index contributed by atoms with van der Waals surface area (Å²) in [6.45, 7) is 1.55. The number of carbonyl (C=O) groups is 1. The van der Waals surface area contributed by atoms with Gasteiger partial charge >= 0.3 is 0 Å². The minimum atomic E-state index is -0.332. The van der Waals surface area contributed by atoms with E-state index in [0.29, 0.717) is 16.9 Å². The quantitative estimate of drug-likeness (QED) is 0.707. The zero-order valence-electron chi connectivity index (χ0n) is 14.4. The Labute approximate surface area is 151 Å². The standard InChI is InChI=1S/C21H20FN3O/c22-17-10-7-11-18(14-17)25-20(16-8-3-1-4-9-16)19(15-23-25)21(26)24-12-5-2-6-13-24/h1,3-4,7-11,14-15H,2,5-6,12-13H2. The van der Waals surface area contributed by atoms with E-state index in [4.69, 9.17) is 0 Å². The molecule has 0 atom stereocenters. The minimum Gasteiger partial charge on any atom is -0.339 e. The van der Waals surface area contributed by atoms with E-state index in [0.717, 1.165) is 37.9 Å². The van der Waals surface area contributed by atoms with E-state index in [9.17, 15) is 9.18 Å². The van der Waals surface area contributed by atoms with Crippen LogP contribution < -0.4 is 0 Å². The lowest BCUT2D eigenvalue weighted by atomic mass is 10.0. The Balaban J connectivity index is 1.83. The smallest absolute Gasteiger partial charge is 0.257 e. The molecule has 5 heteroatoms. The highest BCUT2D eigenvalue weighted by atomic mass is 19.1. The lowest BCUT2D eigenvalue weighted by Gasteiger charge is -2.26. The molecule has 3 aromatic rings. The normalized spacial score (nSPS) is 14.4. The third-order valence-electron chi connectivity index (χ3n) is 4.74. The van der Waals surface area contributed by atoms with E-state index < -0.39 is 0 Å². The van der Waals surface area contributed by atoms with Crippen LogP contribution in [0.15, 0.2) is 60.8 Å². The van der Waals surface area contributed by atoms with Crippen molar-refractivity contribution < 1.29 is 9.18 Å². The molecule has 2 heterocycles. The van der Waals surface area contributed by atoms with Gasteiger partial charge in [-0.1, -0.05) is 36.4 Å². The summed E-state index contributed by atoms with van der Waals surface area (Å²) in [7, 11) is 0. The molecule has 1 fully saturated rings. The van der Waals surface area contributed by atoms with Gasteiger partial charge in [0.15, 0.2) is 0 Å². The average molecular weight is 349 g/mol. The zero-order valence-corrected chi connectivity index (χ0v) is 14.4. The Morgan fingerprint density at radius 2 is 1.73 bits per heavy atom. The SMILES string of the molecule is O=C(c1cnn(-c2cccc(F)c2)c1-c1ccccc1)N1CCCCC1. The molecule has 132 valence electrons. The van der Waals surface area contributed by atoms with Crippen LogP contribution in [0.1, 0.15) is 29.6 Å². The van der Waals surface area contributed by atoms with Crippen molar-refractivity contribution in [3.63, 3.8) is 0 Å². The first-order valence-corrected chi connectivity index (χ1v) is 8.93. The molecule has 1 aliphatic rings. The van der Waals surface area contributed by atoms with Gasteiger partial charge in [-0.15, -0.1) is 0 Å². The number of amides is 1. The van der Waals surface area contributed by atoms with Crippen molar-refractivity contribution in [1.82, 2.24) is 14.7 Å². The third-order valence-corrected chi connectivity index (χ3v) is 4.74. The fourth-order valence-electron chi connectivity index (χ4n) is 3.45. The summed E-state index contributed by atoms with van der Waals surface area (Å²) in [5, 5.41) is 4.42. The van der Waals surface area contributed by atoms with Crippen molar-refractivity contribution in [2.24, 2.45) is 0 Å². The number of likely N-dealkylation sites (tertiary alicyclic amines) is 1. The van der Waals surface area contributed by atoms with Crippen LogP contribution in [0.4, 0.5) is 4.39 Å². The van der Waals surface area contributed by atoms with Crippen molar-refractivity contribution >= 4 is 5.91 Å². The Morgan fingerprint density at radius 1 is 0.962 bits per heavy atom. The molecule has 4 nitrogen and oxygen atoms in total. The van der Waals surface area contributed by atoms with Crippen LogP contribution in [0, 0.1) is 5.82 Å². The largest absolute Gasteiger partial charge is 0.339 e. The van der Waals surface area contributed by atoms with Gasteiger partial charge in [0.1, 0.15) is 5.82 Å². The van der Waals surface area contributed by atoms with Crippen molar-refractivity contribution in [2.75, 3.05) is 13.1 Å². The Hall–Kier alpha value is -2.95. The highest BCUT2D eigenvalue weighted by molar-refractivity contribution is 6.00. The van der Waals surface area contributed by atoms with Gasteiger partial charge in [0.25, 0.3) is 5.91 Å². The highest BCUT2D eigenvalue weighted by Crippen LogP contribution is 2.28. The van der Waals surface area contributed by atoms with Crippen LogP contribution in [-0.2, 0) is 0 Å². The van der Waals surface area contributed by atoms with Crippen molar-refractivity contribution in [1.29, 1.82) is 0 Å². The maximum absolute atomic E-state index is 13.7. The lowest BCUT2D eigenvalue weighted by Crippen LogP contribution is -2.35. The maximum atomic E-state index is 13.7. The van der Waals surface area contributed by atoms with Gasteiger partial charge in [-0.2, -0.15) is 5.10 Å². The van der Waals surface area contributed by atoms with Gasteiger partial charge in [0.2, 0.25) is 0 Å². The molecule has 0 N–H and O–H groups in total. The van der Waals surface area contributed by atoms with Crippen LogP contribution in [0.5, 0.6) is 0 Å². The van der Waals surface area contributed by atoms with Crippen molar-refractivity contribution in [3.05, 3.63) is 72.2 Å². The number of hydrogen-bond donors (Lipinski definition) is 0. The van der Waals surface area contributed by atoms with Crippen LogP contribution in [0.2, 0.25) is 0 Å². The number of benzene rings is 2. The summed E-state index contributed by atoms with van der Waals surface area (Å²) in [4.78, 5) is 15.0. The first kappa shape index (κ1) is 16.5. The molecule has 1 amide bonds. The molecule has 1 saturated heterocycles. The fraction of sp³-hybridized carbons (Fsp3) is 0.238. The fourth-order valence-corrected chi connectivity index (χ4v) is 3.45. The van der Waals surface area contributed by atoms with Gasteiger partial charge in [0.05, 0.1) is 23.1 Å². The molecule has 4 rings (SSSR count). The van der Waals surface area contributed by atoms with E-state index in [1.165, 1.54) is 12.1 Å². The monoisotopic (exact) mass is 349 g/mol. The highest BCUT2D eigenvalue weighted by Gasteiger charge is 2.25. The molecule has 2 aromatic carbocycles. The van der Waals surface area contributed by atoms with Gasteiger partial charge in [-0.05, 0) is 37.5 Å². The predicted molar refractivity (Wildman–Crippen MR) is 98.7 cm³/mol. The number of piperidine rings is 1. The third kappa shape index (κ3) is 3.12. The van der Waals surface area contributed by atoms with Gasteiger partial charge in [-0.3, -0.25) is 4.79 Å². The number of nitrogens with zero attached hydrogens (tertiary/aromatic N) is 3. The topological polar surface area (TPSA) is 38.1 Å². The van der Waals surface area contributed by atoms with E-state index in [1.54, 1.807) is 23.0 Å². The van der Waals surface area contributed by atoms with E-state index in [1.807, 2.05) is 35.2 Å². The van der Waals surface area contributed by atoms with Crippen molar-refractivity contribution in [2.45, 2.75) is 19.3 Å². The molecule has 0 spiro atoms. The van der Waals surface area contributed by atoms with Gasteiger partial charge in [0, 0.05) is 18.7 Å².